The second-order valence-electron chi connectivity index (χ2n) is 7.35. The van der Waals surface area contributed by atoms with E-state index in [1.54, 1.807) is 12.2 Å². The van der Waals surface area contributed by atoms with Crippen molar-refractivity contribution in [3.05, 3.63) is 11.8 Å². The van der Waals surface area contributed by atoms with Gasteiger partial charge in [0.15, 0.2) is 0 Å². The van der Waals surface area contributed by atoms with Crippen molar-refractivity contribution in [2.24, 2.45) is 4.99 Å². The van der Waals surface area contributed by atoms with Crippen LogP contribution in [-0.4, -0.2) is 51.7 Å². The van der Waals surface area contributed by atoms with Crippen LogP contribution in [-0.2, 0) is 23.6 Å². The third kappa shape index (κ3) is 11.4. The third-order valence-corrected chi connectivity index (χ3v) is 3.85. The molecule has 0 aromatic heterocycles. The molecule has 9 nitrogen and oxygen atoms in total. The van der Waals surface area contributed by atoms with Gasteiger partial charge in [-0.3, -0.25) is 4.79 Å². The zero-order valence-electron chi connectivity index (χ0n) is 17.3. The summed E-state index contributed by atoms with van der Waals surface area (Å²) in [6.45, 7) is 11.5. The van der Waals surface area contributed by atoms with E-state index in [-0.39, 0.29) is 24.2 Å². The zero-order valence-corrected chi connectivity index (χ0v) is 18.2. The summed E-state index contributed by atoms with van der Waals surface area (Å²) in [5, 5.41) is 2.95. The lowest BCUT2D eigenvalue weighted by Gasteiger charge is -2.40. The molecule has 0 fully saturated rings. The molecular weight excluding hydrogens is 387 g/mol. The third-order valence-electron chi connectivity index (χ3n) is 3.85. The molecule has 1 aliphatic rings. The molecule has 160 valence electrons. The summed E-state index contributed by atoms with van der Waals surface area (Å²) in [7, 11) is -2.87. The van der Waals surface area contributed by atoms with Gasteiger partial charge in [-0.1, -0.05) is 13.8 Å². The van der Waals surface area contributed by atoms with Crippen LogP contribution in [0.5, 0.6) is 0 Å². The maximum Gasteiger partial charge on any atom is 0.692 e. The molecule has 0 radical (unpaired) electrons. The Morgan fingerprint density at radius 2 is 1.93 bits per heavy atom. The molecule has 0 unspecified atom stereocenters. The number of rotatable bonds is 7. The number of nitrogens with zero attached hydrogens (tertiary/aromatic N) is 1. The van der Waals surface area contributed by atoms with Gasteiger partial charge in [-0.05, 0) is 39.7 Å². The summed E-state index contributed by atoms with van der Waals surface area (Å²) < 4.78 is 21.0. The SMILES string of the molecule is CCC(CC)O[C@@H]1C=C(N=C=O)C[C@H](OC(C)(C)C)[C@H]1NC(C)=O.O=[P+](O)O. The molecule has 1 aliphatic carbocycles. The molecule has 1 amide bonds. The Morgan fingerprint density at radius 3 is 2.32 bits per heavy atom. The van der Waals surface area contributed by atoms with Crippen molar-refractivity contribution >= 4 is 20.2 Å². The smallest absolute Gasteiger partial charge is 0.370 e. The minimum atomic E-state index is -2.87. The molecule has 0 saturated carbocycles. The van der Waals surface area contributed by atoms with Gasteiger partial charge in [0.2, 0.25) is 12.0 Å². The standard InChI is InChI=1S/C18H30N2O4.HO3P/c1-7-14(8-2)23-15-9-13(19-11-21)10-16(24-18(4,5)6)17(15)20-12(3)22;1-4(2)3/h9,14-17H,7-8,10H2,1-6H3,(H,20,22);(H-,1,2,3)/p+1/t15-,16+,17+;/m1./s1. The lowest BCUT2D eigenvalue weighted by atomic mass is 9.92. The summed E-state index contributed by atoms with van der Waals surface area (Å²) in [6.07, 6.45) is 4.89. The van der Waals surface area contributed by atoms with Crippen molar-refractivity contribution in [1.82, 2.24) is 5.32 Å². The second-order valence-corrected chi connectivity index (χ2v) is 7.86. The predicted octanol–water partition coefficient (Wildman–Crippen LogP) is 2.50. The zero-order chi connectivity index (χ0) is 21.9. The van der Waals surface area contributed by atoms with Crippen LogP contribution in [0.2, 0.25) is 0 Å². The first-order valence-electron chi connectivity index (χ1n) is 9.17. The van der Waals surface area contributed by atoms with Crippen LogP contribution in [0.4, 0.5) is 0 Å². The van der Waals surface area contributed by atoms with Crippen LogP contribution in [0.1, 0.15) is 60.8 Å². The summed E-state index contributed by atoms with van der Waals surface area (Å²) in [5.41, 5.74) is 0.186. The normalized spacial score (nSPS) is 21.8. The molecule has 10 heteroatoms. The summed E-state index contributed by atoms with van der Waals surface area (Å²) in [4.78, 5) is 40.4. The summed E-state index contributed by atoms with van der Waals surface area (Å²) in [6, 6.07) is -0.326. The first kappa shape index (κ1) is 26.5. The summed E-state index contributed by atoms with van der Waals surface area (Å²) >= 11 is 0. The van der Waals surface area contributed by atoms with Gasteiger partial charge < -0.3 is 14.8 Å². The van der Waals surface area contributed by atoms with Gasteiger partial charge in [0, 0.05) is 17.9 Å². The lowest BCUT2D eigenvalue weighted by Crippen LogP contribution is -2.55. The highest BCUT2D eigenvalue weighted by Crippen LogP contribution is 2.29. The van der Waals surface area contributed by atoms with Gasteiger partial charge in [-0.25, -0.2) is 4.79 Å². The average molecular weight is 419 g/mol. The number of carbonyl (C=O) groups is 1. The molecular formula is C18H32N2O7P+. The topological polar surface area (TPSA) is 135 Å². The van der Waals surface area contributed by atoms with Crippen LogP contribution in [0.15, 0.2) is 16.8 Å². The number of ether oxygens (including phenoxy) is 2. The van der Waals surface area contributed by atoms with E-state index in [0.29, 0.717) is 12.1 Å². The molecule has 3 atom stereocenters. The van der Waals surface area contributed by atoms with Crippen molar-refractivity contribution in [2.45, 2.75) is 90.8 Å². The maximum absolute atomic E-state index is 11.7. The van der Waals surface area contributed by atoms with Crippen LogP contribution in [0.25, 0.3) is 0 Å². The van der Waals surface area contributed by atoms with E-state index >= 15 is 0 Å². The molecule has 0 aliphatic heterocycles. The van der Waals surface area contributed by atoms with Crippen LogP contribution >= 0.6 is 8.25 Å². The Morgan fingerprint density at radius 1 is 1.39 bits per heavy atom. The maximum atomic E-state index is 11.7. The largest absolute Gasteiger partial charge is 0.692 e. The molecule has 0 heterocycles. The summed E-state index contributed by atoms with van der Waals surface area (Å²) in [5.74, 6) is -0.142. The minimum Gasteiger partial charge on any atom is -0.370 e. The highest BCUT2D eigenvalue weighted by atomic mass is 31.1. The molecule has 0 bridgehead atoms. The van der Waals surface area contributed by atoms with E-state index in [1.807, 2.05) is 20.8 Å². The molecule has 0 spiro atoms. The highest BCUT2D eigenvalue weighted by molar-refractivity contribution is 7.30. The monoisotopic (exact) mass is 419 g/mol. The average Bonchev–Trinajstić information content (AvgIpc) is 2.53. The fourth-order valence-electron chi connectivity index (χ4n) is 2.85. The van der Waals surface area contributed by atoms with Crippen molar-refractivity contribution in [2.75, 3.05) is 0 Å². The molecule has 0 saturated heterocycles. The van der Waals surface area contributed by atoms with Gasteiger partial charge in [-0.15, -0.1) is 9.79 Å². The number of hydrogen-bond donors (Lipinski definition) is 3. The van der Waals surface area contributed by atoms with E-state index in [0.717, 1.165) is 12.8 Å². The number of carbonyl (C=O) groups excluding carboxylic acids is 2. The number of hydrogen-bond acceptors (Lipinski definition) is 6. The van der Waals surface area contributed by atoms with E-state index in [4.69, 9.17) is 23.8 Å². The molecule has 3 N–H and O–H groups in total. The van der Waals surface area contributed by atoms with Gasteiger partial charge in [0.25, 0.3) is 0 Å². The first-order valence-corrected chi connectivity index (χ1v) is 10.3. The molecule has 0 aromatic carbocycles. The lowest BCUT2D eigenvalue weighted by molar-refractivity contribution is -0.132. The molecule has 0 aromatic rings. The highest BCUT2D eigenvalue weighted by Gasteiger charge is 2.38. The quantitative estimate of drug-likeness (QED) is 0.328. The number of isocyanates is 1. The molecule has 1 rings (SSSR count). The van der Waals surface area contributed by atoms with E-state index < -0.39 is 20.0 Å². The van der Waals surface area contributed by atoms with Gasteiger partial charge >= 0.3 is 8.25 Å². The number of aliphatic imine (C=N–C) groups is 1. The Balaban J connectivity index is 0.00000165. The van der Waals surface area contributed by atoms with E-state index in [1.165, 1.54) is 6.92 Å². The van der Waals surface area contributed by atoms with Crippen LogP contribution < -0.4 is 5.32 Å². The fourth-order valence-corrected chi connectivity index (χ4v) is 2.85. The van der Waals surface area contributed by atoms with Gasteiger partial charge in [-0.2, -0.15) is 4.99 Å². The molecule has 28 heavy (non-hydrogen) atoms. The van der Waals surface area contributed by atoms with Crippen molar-refractivity contribution < 1.29 is 33.4 Å². The predicted molar refractivity (Wildman–Crippen MR) is 104 cm³/mol. The Hall–Kier alpha value is -1.47. The second kappa shape index (κ2) is 12.9. The van der Waals surface area contributed by atoms with Crippen molar-refractivity contribution in [1.29, 1.82) is 0 Å². The Labute approximate surface area is 167 Å². The number of amides is 1. The van der Waals surface area contributed by atoms with Crippen molar-refractivity contribution in [3.63, 3.8) is 0 Å². The fraction of sp³-hybridized carbons (Fsp3) is 0.778. The van der Waals surface area contributed by atoms with Gasteiger partial charge in [0.1, 0.15) is 6.10 Å². The van der Waals surface area contributed by atoms with Crippen molar-refractivity contribution in [3.8, 4) is 0 Å². The van der Waals surface area contributed by atoms with Crippen LogP contribution in [0.3, 0.4) is 0 Å². The first-order chi connectivity index (χ1) is 12.9. The van der Waals surface area contributed by atoms with Gasteiger partial charge in [0.05, 0.1) is 29.5 Å². The van der Waals surface area contributed by atoms with E-state index in [9.17, 15) is 9.59 Å². The number of nitrogens with one attached hydrogen (secondary N) is 1. The minimum absolute atomic E-state index is 0.0670. The Bertz CT molecular complexity index is 589. The Kier molecular flexibility index (Phi) is 12.2. The van der Waals surface area contributed by atoms with E-state index in [2.05, 4.69) is 24.2 Å². The van der Waals surface area contributed by atoms with Crippen LogP contribution in [0, 0.1) is 0 Å².